The van der Waals surface area contributed by atoms with Crippen molar-refractivity contribution in [3.8, 4) is 0 Å². The molecule has 0 spiro atoms. The highest BCUT2D eigenvalue weighted by Gasteiger charge is 2.17. The smallest absolute Gasteiger partial charge is 0.357 e. The van der Waals surface area contributed by atoms with Gasteiger partial charge in [-0.3, -0.25) is 4.18 Å². The first-order valence-electron chi connectivity index (χ1n) is 4.10. The first-order valence-corrected chi connectivity index (χ1v) is 5.17. The minimum Gasteiger partial charge on any atom is -0.461 e. The van der Waals surface area contributed by atoms with Crippen molar-refractivity contribution in [2.24, 2.45) is 0 Å². The zero-order valence-electron chi connectivity index (χ0n) is 8.75. The topological polar surface area (TPSA) is 52.6 Å². The van der Waals surface area contributed by atoms with Crippen molar-refractivity contribution in [1.82, 2.24) is 0 Å². The van der Waals surface area contributed by atoms with E-state index in [0.29, 0.717) is 0 Å². The molecule has 0 aromatic rings. The van der Waals surface area contributed by atoms with E-state index >= 15 is 0 Å². The summed E-state index contributed by atoms with van der Waals surface area (Å²) in [6, 6.07) is 0. The molecule has 0 amide bonds. The van der Waals surface area contributed by atoms with E-state index in [9.17, 15) is 9.00 Å². The minimum atomic E-state index is -1.81. The van der Waals surface area contributed by atoms with Crippen LogP contribution in [0.1, 0.15) is 20.8 Å². The van der Waals surface area contributed by atoms with Crippen LogP contribution < -0.4 is 0 Å². The Bertz CT molecular complexity index is 296. The first-order chi connectivity index (χ1) is 6.52. The van der Waals surface area contributed by atoms with Crippen LogP contribution in [0.25, 0.3) is 0 Å². The monoisotopic (exact) mass is 218 g/mol. The predicted octanol–water partition coefficient (Wildman–Crippen LogP) is 1.31. The van der Waals surface area contributed by atoms with E-state index in [4.69, 9.17) is 4.74 Å². The maximum absolute atomic E-state index is 11.3. The van der Waals surface area contributed by atoms with Gasteiger partial charge in [0.2, 0.25) is 11.1 Å². The third-order valence-corrected chi connectivity index (χ3v) is 2.05. The van der Waals surface area contributed by atoms with Gasteiger partial charge in [-0.1, -0.05) is 5.73 Å². The highest BCUT2D eigenvalue weighted by Crippen LogP contribution is 2.05. The summed E-state index contributed by atoms with van der Waals surface area (Å²) >= 11 is -1.81. The van der Waals surface area contributed by atoms with Crippen molar-refractivity contribution in [3.05, 3.63) is 16.2 Å². The Labute approximate surface area is 86.3 Å². The van der Waals surface area contributed by atoms with Crippen molar-refractivity contribution in [2.45, 2.75) is 20.8 Å². The Kier molecular flexibility index (Phi) is 6.12. The summed E-state index contributed by atoms with van der Waals surface area (Å²) in [7, 11) is 1.25. The largest absolute Gasteiger partial charge is 0.461 e. The third kappa shape index (κ3) is 4.37. The highest BCUT2D eigenvalue weighted by molar-refractivity contribution is 7.85. The van der Waals surface area contributed by atoms with Crippen LogP contribution in [-0.2, 0) is 24.8 Å². The van der Waals surface area contributed by atoms with Crippen LogP contribution >= 0.6 is 0 Å². The second kappa shape index (κ2) is 6.54. The lowest BCUT2D eigenvalue weighted by Crippen LogP contribution is -2.12. The second-order valence-electron chi connectivity index (χ2n) is 2.58. The summed E-state index contributed by atoms with van der Waals surface area (Å²) in [6.45, 7) is 5.39. The molecule has 0 rings (SSSR count). The molecule has 0 bridgehead atoms. The molecule has 0 aliphatic carbocycles. The van der Waals surface area contributed by atoms with Crippen molar-refractivity contribution < 1.29 is 17.9 Å². The number of carbonyl (C=O) groups excluding carboxylic acids is 1. The van der Waals surface area contributed by atoms with Crippen LogP contribution in [-0.4, -0.2) is 23.9 Å². The molecule has 0 aliphatic heterocycles. The van der Waals surface area contributed by atoms with Crippen molar-refractivity contribution >= 4 is 17.0 Å². The first kappa shape index (κ1) is 13.1. The molecule has 14 heavy (non-hydrogen) atoms. The molecule has 4 nitrogen and oxygen atoms in total. The standard InChI is InChI=1S/C9H14O4S/c1-5-13-9(10)8(6-7(2)3)14(11)12-4/h5H2,1-4H3. The quantitative estimate of drug-likeness (QED) is 0.405. The molecule has 1 atom stereocenters. The van der Waals surface area contributed by atoms with Gasteiger partial charge >= 0.3 is 5.97 Å². The molecule has 0 aromatic carbocycles. The average Bonchev–Trinajstić information content (AvgIpc) is 2.13. The Hall–Kier alpha value is -0.900. The van der Waals surface area contributed by atoms with E-state index in [2.05, 4.69) is 9.91 Å². The SMILES string of the molecule is CCOC(=O)C(=C=C(C)C)S(=O)OC. The lowest BCUT2D eigenvalue weighted by atomic mass is 10.4. The van der Waals surface area contributed by atoms with Crippen molar-refractivity contribution in [2.75, 3.05) is 13.7 Å². The van der Waals surface area contributed by atoms with Gasteiger partial charge in [0.15, 0.2) is 4.91 Å². The Morgan fingerprint density at radius 3 is 2.36 bits per heavy atom. The molecule has 0 radical (unpaired) electrons. The van der Waals surface area contributed by atoms with Gasteiger partial charge in [0.05, 0.1) is 13.7 Å². The maximum Gasteiger partial charge on any atom is 0.357 e. The van der Waals surface area contributed by atoms with E-state index in [1.807, 2.05) is 0 Å². The lowest BCUT2D eigenvalue weighted by Gasteiger charge is -2.02. The molecular weight excluding hydrogens is 204 g/mol. The predicted molar refractivity (Wildman–Crippen MR) is 53.7 cm³/mol. The van der Waals surface area contributed by atoms with Crippen LogP contribution in [0, 0.1) is 0 Å². The van der Waals surface area contributed by atoms with Gasteiger partial charge in [-0.25, -0.2) is 9.00 Å². The summed E-state index contributed by atoms with van der Waals surface area (Å²) in [5.41, 5.74) is 3.38. The van der Waals surface area contributed by atoms with Crippen LogP contribution in [0.3, 0.4) is 0 Å². The van der Waals surface area contributed by atoms with E-state index in [1.165, 1.54) is 7.11 Å². The Morgan fingerprint density at radius 1 is 1.43 bits per heavy atom. The van der Waals surface area contributed by atoms with Gasteiger partial charge in [-0.15, -0.1) is 0 Å². The maximum atomic E-state index is 11.3. The van der Waals surface area contributed by atoms with Crippen LogP contribution in [0.15, 0.2) is 16.2 Å². The fraction of sp³-hybridized carbons (Fsp3) is 0.556. The zero-order chi connectivity index (χ0) is 11.1. The normalized spacial score (nSPS) is 11.4. The van der Waals surface area contributed by atoms with E-state index < -0.39 is 17.0 Å². The molecule has 1 unspecified atom stereocenters. The third-order valence-electron chi connectivity index (χ3n) is 1.14. The zero-order valence-corrected chi connectivity index (χ0v) is 9.56. The number of rotatable bonds is 4. The second-order valence-corrected chi connectivity index (χ2v) is 3.79. The van der Waals surface area contributed by atoms with Crippen molar-refractivity contribution in [3.63, 3.8) is 0 Å². The molecule has 5 heteroatoms. The van der Waals surface area contributed by atoms with Gasteiger partial charge in [0.1, 0.15) is 0 Å². The Morgan fingerprint density at radius 2 is 2.00 bits per heavy atom. The van der Waals surface area contributed by atoms with E-state index in [1.54, 1.807) is 20.8 Å². The number of hydrogen-bond acceptors (Lipinski definition) is 4. The van der Waals surface area contributed by atoms with E-state index in [-0.39, 0.29) is 11.5 Å². The molecule has 0 heterocycles. The molecule has 80 valence electrons. The van der Waals surface area contributed by atoms with E-state index in [0.717, 1.165) is 5.57 Å². The van der Waals surface area contributed by atoms with Gasteiger partial charge in [-0.2, -0.15) is 0 Å². The number of carbonyl (C=O) groups is 1. The molecular formula is C9H14O4S. The summed E-state index contributed by atoms with van der Waals surface area (Å²) < 4.78 is 20.5. The summed E-state index contributed by atoms with van der Waals surface area (Å²) in [6.07, 6.45) is 0. The van der Waals surface area contributed by atoms with Gasteiger partial charge in [-0.05, 0) is 26.3 Å². The number of ether oxygens (including phenoxy) is 1. The molecule has 0 aliphatic rings. The summed E-state index contributed by atoms with van der Waals surface area (Å²) in [5.74, 6) is -0.658. The molecule has 0 N–H and O–H groups in total. The fourth-order valence-corrected chi connectivity index (χ4v) is 1.32. The minimum absolute atomic E-state index is 0.0886. The highest BCUT2D eigenvalue weighted by atomic mass is 32.2. The van der Waals surface area contributed by atoms with Crippen LogP contribution in [0.5, 0.6) is 0 Å². The summed E-state index contributed by atoms with van der Waals surface area (Å²) in [5, 5.41) is 0. The fourth-order valence-electron chi connectivity index (χ4n) is 0.668. The number of hydrogen-bond donors (Lipinski definition) is 0. The van der Waals surface area contributed by atoms with Gasteiger partial charge in [0.25, 0.3) is 0 Å². The summed E-state index contributed by atoms with van der Waals surface area (Å²) in [4.78, 5) is 11.2. The molecule has 0 saturated carbocycles. The Balaban J connectivity index is 5.04. The average molecular weight is 218 g/mol. The van der Waals surface area contributed by atoms with Crippen LogP contribution in [0.2, 0.25) is 0 Å². The lowest BCUT2D eigenvalue weighted by molar-refractivity contribution is -0.137. The van der Waals surface area contributed by atoms with Crippen LogP contribution in [0.4, 0.5) is 0 Å². The van der Waals surface area contributed by atoms with Crippen molar-refractivity contribution in [1.29, 1.82) is 0 Å². The molecule has 0 fully saturated rings. The van der Waals surface area contributed by atoms with Gasteiger partial charge in [0, 0.05) is 0 Å². The molecule has 0 aromatic heterocycles. The molecule has 0 saturated heterocycles. The van der Waals surface area contributed by atoms with Gasteiger partial charge < -0.3 is 4.74 Å². The number of esters is 1.